The molecule has 0 saturated carbocycles. The van der Waals surface area contributed by atoms with E-state index in [0.29, 0.717) is 12.5 Å². The average molecular weight is 297 g/mol. The van der Waals surface area contributed by atoms with Crippen molar-refractivity contribution in [3.05, 3.63) is 34.1 Å². The molecule has 0 amide bonds. The first-order valence-electron chi connectivity index (χ1n) is 4.88. The van der Waals surface area contributed by atoms with Gasteiger partial charge in [0.05, 0.1) is 4.92 Å². The van der Waals surface area contributed by atoms with Crippen molar-refractivity contribution in [1.82, 2.24) is 4.72 Å². The number of sulfonamides is 1. The highest BCUT2D eigenvalue weighted by Gasteiger charge is 2.21. The minimum atomic E-state index is -4.11. The predicted octanol–water partition coefficient (Wildman–Crippen LogP) is 1.64. The monoisotopic (exact) mass is 296 g/mol. The third-order valence-electron chi connectivity index (χ3n) is 2.02. The number of hydrogen-bond donors (Lipinski definition) is 1. The molecule has 1 aromatic carbocycles. The number of alkyl halides is 1. The standard InChI is InChI=1S/C9H10ClFN2O4S/c10-4-1-5-12-18(16,17)9-6-7(13(14)15)2-3-8(9)11/h2-3,6,12H,1,4-5H2. The molecule has 0 fully saturated rings. The highest BCUT2D eigenvalue weighted by atomic mass is 35.5. The number of nitrogens with one attached hydrogen (secondary N) is 1. The van der Waals surface area contributed by atoms with Crippen LogP contribution < -0.4 is 4.72 Å². The van der Waals surface area contributed by atoms with Gasteiger partial charge in [0.15, 0.2) is 0 Å². The molecule has 18 heavy (non-hydrogen) atoms. The van der Waals surface area contributed by atoms with Crippen LogP contribution in [-0.2, 0) is 10.0 Å². The zero-order valence-electron chi connectivity index (χ0n) is 9.10. The highest BCUT2D eigenvalue weighted by molar-refractivity contribution is 7.89. The zero-order chi connectivity index (χ0) is 13.8. The van der Waals surface area contributed by atoms with Crippen molar-refractivity contribution in [1.29, 1.82) is 0 Å². The van der Waals surface area contributed by atoms with Gasteiger partial charge in [-0.15, -0.1) is 11.6 Å². The van der Waals surface area contributed by atoms with Crippen molar-refractivity contribution in [2.75, 3.05) is 12.4 Å². The Balaban J connectivity index is 3.07. The summed E-state index contributed by atoms with van der Waals surface area (Å²) in [6.45, 7) is 0.0357. The van der Waals surface area contributed by atoms with Crippen molar-refractivity contribution in [3.8, 4) is 0 Å². The fourth-order valence-electron chi connectivity index (χ4n) is 1.16. The number of non-ortho nitro benzene ring substituents is 1. The second kappa shape index (κ2) is 6.07. The van der Waals surface area contributed by atoms with Gasteiger partial charge in [0.1, 0.15) is 10.7 Å². The lowest BCUT2D eigenvalue weighted by atomic mass is 10.3. The zero-order valence-corrected chi connectivity index (χ0v) is 10.7. The number of hydrogen-bond acceptors (Lipinski definition) is 4. The maximum absolute atomic E-state index is 13.4. The molecule has 0 unspecified atom stereocenters. The molecule has 100 valence electrons. The first-order valence-corrected chi connectivity index (χ1v) is 6.90. The summed E-state index contributed by atoms with van der Waals surface area (Å²) in [5.74, 6) is -0.793. The van der Waals surface area contributed by atoms with Crippen molar-refractivity contribution < 1.29 is 17.7 Å². The van der Waals surface area contributed by atoms with Crippen molar-refractivity contribution in [2.45, 2.75) is 11.3 Å². The van der Waals surface area contributed by atoms with Crippen LogP contribution in [-0.4, -0.2) is 25.8 Å². The topological polar surface area (TPSA) is 89.3 Å². The van der Waals surface area contributed by atoms with Gasteiger partial charge in [-0.05, 0) is 12.5 Å². The van der Waals surface area contributed by atoms with Crippen LogP contribution in [0.4, 0.5) is 10.1 Å². The third kappa shape index (κ3) is 3.62. The third-order valence-corrected chi connectivity index (χ3v) is 3.76. The molecule has 0 atom stereocenters. The van der Waals surface area contributed by atoms with E-state index in [0.717, 1.165) is 12.1 Å². The molecule has 0 aliphatic carbocycles. The van der Waals surface area contributed by atoms with Crippen LogP contribution in [0.1, 0.15) is 6.42 Å². The molecule has 1 N–H and O–H groups in total. The molecular weight excluding hydrogens is 287 g/mol. The van der Waals surface area contributed by atoms with Crippen LogP contribution >= 0.6 is 11.6 Å². The number of benzene rings is 1. The molecular formula is C9H10ClFN2O4S. The van der Waals surface area contributed by atoms with E-state index in [4.69, 9.17) is 11.6 Å². The second-order valence-electron chi connectivity index (χ2n) is 3.31. The molecule has 0 aromatic heterocycles. The lowest BCUT2D eigenvalue weighted by Gasteiger charge is -2.06. The van der Waals surface area contributed by atoms with E-state index in [2.05, 4.69) is 4.72 Å². The minimum absolute atomic E-state index is 0.0357. The number of halogens is 2. The van der Waals surface area contributed by atoms with Crippen LogP contribution in [0.15, 0.2) is 23.1 Å². The number of nitro groups is 1. The van der Waals surface area contributed by atoms with Crippen LogP contribution in [0, 0.1) is 15.9 Å². The minimum Gasteiger partial charge on any atom is -0.258 e. The Morgan fingerprint density at radius 2 is 2.11 bits per heavy atom. The molecule has 1 aromatic rings. The molecule has 0 radical (unpaired) electrons. The van der Waals surface area contributed by atoms with E-state index in [1.165, 1.54) is 0 Å². The van der Waals surface area contributed by atoms with Crippen LogP contribution in [0.5, 0.6) is 0 Å². The van der Waals surface area contributed by atoms with Gasteiger partial charge in [-0.2, -0.15) is 0 Å². The quantitative estimate of drug-likeness (QED) is 0.374. The van der Waals surface area contributed by atoms with E-state index in [9.17, 15) is 22.9 Å². The normalized spacial score (nSPS) is 11.4. The van der Waals surface area contributed by atoms with Gasteiger partial charge in [-0.3, -0.25) is 10.1 Å². The molecule has 0 bridgehead atoms. The van der Waals surface area contributed by atoms with Gasteiger partial charge < -0.3 is 0 Å². The van der Waals surface area contributed by atoms with Crippen LogP contribution in [0.3, 0.4) is 0 Å². The number of nitrogens with zero attached hydrogens (tertiary/aromatic N) is 1. The SMILES string of the molecule is O=[N+]([O-])c1ccc(F)c(S(=O)(=O)NCCCCl)c1. The first-order chi connectivity index (χ1) is 8.38. The van der Waals surface area contributed by atoms with Gasteiger partial charge in [0.25, 0.3) is 5.69 Å². The number of rotatable bonds is 6. The molecule has 6 nitrogen and oxygen atoms in total. The van der Waals surface area contributed by atoms with E-state index in [1.807, 2.05) is 0 Å². The van der Waals surface area contributed by atoms with Gasteiger partial charge in [0, 0.05) is 24.6 Å². The molecule has 0 heterocycles. The van der Waals surface area contributed by atoms with E-state index < -0.39 is 31.3 Å². The summed E-state index contributed by atoms with van der Waals surface area (Å²) < 4.78 is 38.9. The maximum Gasteiger partial charge on any atom is 0.270 e. The van der Waals surface area contributed by atoms with Gasteiger partial charge in [-0.1, -0.05) is 0 Å². The smallest absolute Gasteiger partial charge is 0.258 e. The van der Waals surface area contributed by atoms with Gasteiger partial charge >= 0.3 is 0 Å². The van der Waals surface area contributed by atoms with Gasteiger partial charge in [0.2, 0.25) is 10.0 Å². The summed E-state index contributed by atoms with van der Waals surface area (Å²) in [4.78, 5) is 8.96. The van der Waals surface area contributed by atoms with Crippen LogP contribution in [0.2, 0.25) is 0 Å². The first kappa shape index (κ1) is 14.8. The second-order valence-corrected chi connectivity index (χ2v) is 5.43. The predicted molar refractivity (Wildman–Crippen MR) is 63.6 cm³/mol. The lowest BCUT2D eigenvalue weighted by Crippen LogP contribution is -2.26. The van der Waals surface area contributed by atoms with E-state index in [1.54, 1.807) is 0 Å². The Morgan fingerprint density at radius 1 is 1.44 bits per heavy atom. The van der Waals surface area contributed by atoms with Crippen LogP contribution in [0.25, 0.3) is 0 Å². The molecule has 0 saturated heterocycles. The fraction of sp³-hybridized carbons (Fsp3) is 0.333. The summed E-state index contributed by atoms with van der Waals surface area (Å²) in [6, 6.07) is 2.32. The summed E-state index contributed by atoms with van der Waals surface area (Å²) in [6.07, 6.45) is 0.372. The maximum atomic E-state index is 13.4. The largest absolute Gasteiger partial charge is 0.270 e. The highest BCUT2D eigenvalue weighted by Crippen LogP contribution is 2.20. The Kier molecular flexibility index (Phi) is 5.00. The molecule has 0 spiro atoms. The molecule has 0 aliphatic rings. The summed E-state index contributed by atoms with van der Waals surface area (Å²) in [7, 11) is -4.11. The molecule has 1 rings (SSSR count). The molecule has 9 heteroatoms. The van der Waals surface area contributed by atoms with E-state index >= 15 is 0 Å². The van der Waals surface area contributed by atoms with Crippen molar-refractivity contribution in [3.63, 3.8) is 0 Å². The lowest BCUT2D eigenvalue weighted by molar-refractivity contribution is -0.385. The number of nitro benzene ring substituents is 1. The van der Waals surface area contributed by atoms with Crippen molar-refractivity contribution in [2.24, 2.45) is 0 Å². The van der Waals surface area contributed by atoms with E-state index in [-0.39, 0.29) is 12.4 Å². The summed E-state index contributed by atoms with van der Waals surface area (Å²) in [5, 5.41) is 10.5. The molecule has 0 aliphatic heterocycles. The summed E-state index contributed by atoms with van der Waals surface area (Å²) >= 11 is 5.38. The fourth-order valence-corrected chi connectivity index (χ4v) is 2.47. The Bertz CT molecular complexity index is 549. The average Bonchev–Trinajstić information content (AvgIpc) is 2.29. The summed E-state index contributed by atoms with van der Waals surface area (Å²) in [5.41, 5.74) is -0.492. The Labute approximate surface area is 108 Å². The Hall–Kier alpha value is -1.25. The van der Waals surface area contributed by atoms with Crippen molar-refractivity contribution >= 4 is 27.3 Å². The van der Waals surface area contributed by atoms with Gasteiger partial charge in [-0.25, -0.2) is 17.5 Å². The Morgan fingerprint density at radius 3 is 2.67 bits per heavy atom.